The number of carbonyl (C=O) groups excluding carboxylic acids is 1. The van der Waals surface area contributed by atoms with E-state index in [4.69, 9.17) is 34.8 Å². The molecule has 1 amide bonds. The van der Waals surface area contributed by atoms with Gasteiger partial charge in [-0.15, -0.1) is 0 Å². The summed E-state index contributed by atoms with van der Waals surface area (Å²) in [4.78, 5) is 24.2. The molecule has 120 valence electrons. The van der Waals surface area contributed by atoms with Gasteiger partial charge in [-0.25, -0.2) is 14.8 Å². The maximum atomic E-state index is 11.6. The predicted octanol–water partition coefficient (Wildman–Crippen LogP) is 4.74. The van der Waals surface area contributed by atoms with Crippen LogP contribution in [0, 0.1) is 0 Å². The van der Waals surface area contributed by atoms with Crippen molar-refractivity contribution in [2.24, 2.45) is 5.16 Å². The minimum atomic E-state index is -0.780. The third-order valence-corrected chi connectivity index (χ3v) is 3.80. The van der Waals surface area contributed by atoms with E-state index < -0.39 is 6.09 Å². The molecule has 2 rings (SSSR count). The van der Waals surface area contributed by atoms with Gasteiger partial charge in [-0.3, -0.25) is 10.2 Å². The Morgan fingerprint density at radius 3 is 2.39 bits per heavy atom. The molecule has 0 unspecified atom stereocenters. The van der Waals surface area contributed by atoms with Crippen molar-refractivity contribution in [3.8, 4) is 0 Å². The van der Waals surface area contributed by atoms with Crippen LogP contribution in [0.15, 0.2) is 34.6 Å². The van der Waals surface area contributed by atoms with Gasteiger partial charge in [0.1, 0.15) is 10.3 Å². The molecule has 0 bridgehead atoms. The summed E-state index contributed by atoms with van der Waals surface area (Å²) in [6.07, 6.45) is 2.17. The summed E-state index contributed by atoms with van der Waals surface area (Å²) >= 11 is 19.0. The Balaban J connectivity index is 1.98. The molecule has 1 aromatic carbocycles. The van der Waals surface area contributed by atoms with E-state index in [1.165, 1.54) is 11.8 Å². The zero-order valence-corrected chi connectivity index (χ0v) is 14.7. The van der Waals surface area contributed by atoms with Crippen LogP contribution < -0.4 is 5.32 Å². The van der Waals surface area contributed by atoms with Crippen molar-refractivity contribution in [1.29, 1.82) is 0 Å². The van der Waals surface area contributed by atoms with E-state index in [2.05, 4.69) is 25.3 Å². The van der Waals surface area contributed by atoms with Gasteiger partial charge in [-0.2, -0.15) is 0 Å². The number of anilines is 1. The summed E-state index contributed by atoms with van der Waals surface area (Å²) in [7, 11) is 0. The molecule has 0 aliphatic heterocycles. The highest BCUT2D eigenvalue weighted by molar-refractivity contribution is 7.98. The second-order valence-electron chi connectivity index (χ2n) is 3.95. The molecule has 10 heteroatoms. The lowest BCUT2D eigenvalue weighted by Crippen LogP contribution is -2.10. The minimum absolute atomic E-state index is 0.111. The Morgan fingerprint density at radius 2 is 1.83 bits per heavy atom. The molecule has 0 aliphatic rings. The van der Waals surface area contributed by atoms with E-state index in [9.17, 15) is 4.79 Å². The predicted molar refractivity (Wildman–Crippen MR) is 93.0 cm³/mol. The van der Waals surface area contributed by atoms with Crippen LogP contribution in [-0.4, -0.2) is 28.5 Å². The van der Waals surface area contributed by atoms with Gasteiger partial charge < -0.3 is 0 Å². The smallest absolute Gasteiger partial charge is 0.298 e. The van der Waals surface area contributed by atoms with Crippen LogP contribution in [-0.2, 0) is 4.84 Å². The number of amides is 1. The van der Waals surface area contributed by atoms with E-state index in [0.29, 0.717) is 15.9 Å². The first kappa shape index (κ1) is 17.8. The molecule has 2 aromatic rings. The van der Waals surface area contributed by atoms with Crippen LogP contribution in [0.4, 0.5) is 10.5 Å². The van der Waals surface area contributed by atoms with E-state index in [0.717, 1.165) is 6.21 Å². The molecule has 1 N–H and O–H groups in total. The normalized spacial score (nSPS) is 10.8. The standard InChI is InChI=1S/C13H9Cl3N4O2S/c1-23-12-19-10(15)9(11(16)20-12)6-17-22-13(21)18-8-4-2-7(14)3-5-8/h2-6H,1H3,(H,18,21). The average Bonchev–Trinajstić information content (AvgIpc) is 2.52. The zero-order chi connectivity index (χ0) is 16.8. The number of aromatic nitrogens is 2. The molecule has 0 radical (unpaired) electrons. The lowest BCUT2D eigenvalue weighted by Gasteiger charge is -2.03. The number of rotatable bonds is 4. The number of thioether (sulfide) groups is 1. The molecule has 1 heterocycles. The molecule has 0 atom stereocenters. The highest BCUT2D eigenvalue weighted by Crippen LogP contribution is 2.22. The highest BCUT2D eigenvalue weighted by atomic mass is 35.5. The minimum Gasteiger partial charge on any atom is -0.298 e. The topological polar surface area (TPSA) is 76.5 Å². The Kier molecular flexibility index (Phi) is 6.47. The Labute approximate surface area is 151 Å². The fraction of sp³-hybridized carbons (Fsp3) is 0.0769. The lowest BCUT2D eigenvalue weighted by atomic mass is 10.3. The molecule has 23 heavy (non-hydrogen) atoms. The van der Waals surface area contributed by atoms with Gasteiger partial charge in [0.2, 0.25) is 0 Å². The third-order valence-electron chi connectivity index (χ3n) is 2.42. The summed E-state index contributed by atoms with van der Waals surface area (Å²) < 4.78 is 0. The fourth-order valence-corrected chi connectivity index (χ4v) is 2.47. The van der Waals surface area contributed by atoms with E-state index in [1.54, 1.807) is 30.5 Å². The number of nitrogens with zero attached hydrogens (tertiary/aromatic N) is 3. The van der Waals surface area contributed by atoms with E-state index >= 15 is 0 Å². The maximum absolute atomic E-state index is 11.6. The average molecular weight is 392 g/mol. The fourth-order valence-electron chi connectivity index (χ4n) is 1.40. The van der Waals surface area contributed by atoms with Crippen molar-refractivity contribution in [2.75, 3.05) is 11.6 Å². The first-order valence-electron chi connectivity index (χ1n) is 6.03. The van der Waals surface area contributed by atoms with Crippen LogP contribution in [0.5, 0.6) is 0 Å². The van der Waals surface area contributed by atoms with Crippen LogP contribution in [0.3, 0.4) is 0 Å². The number of benzene rings is 1. The first-order valence-corrected chi connectivity index (χ1v) is 8.39. The molecular formula is C13H9Cl3N4O2S. The Morgan fingerprint density at radius 1 is 1.22 bits per heavy atom. The summed E-state index contributed by atoms with van der Waals surface area (Å²) in [6.45, 7) is 0. The molecule has 0 saturated heterocycles. The van der Waals surface area contributed by atoms with Crippen LogP contribution >= 0.6 is 46.6 Å². The molecule has 1 aromatic heterocycles. The number of nitrogens with one attached hydrogen (secondary N) is 1. The molecule has 0 spiro atoms. The van der Waals surface area contributed by atoms with Gasteiger partial charge in [0.15, 0.2) is 5.16 Å². The summed E-state index contributed by atoms with van der Waals surface area (Å²) in [5.41, 5.74) is 0.767. The van der Waals surface area contributed by atoms with Crippen LogP contribution in [0.2, 0.25) is 15.3 Å². The van der Waals surface area contributed by atoms with E-state index in [-0.39, 0.29) is 15.9 Å². The molecule has 6 nitrogen and oxygen atoms in total. The van der Waals surface area contributed by atoms with Gasteiger partial charge >= 0.3 is 6.09 Å². The maximum Gasteiger partial charge on any atom is 0.437 e. The van der Waals surface area contributed by atoms with Gasteiger partial charge in [-0.05, 0) is 30.5 Å². The van der Waals surface area contributed by atoms with Crippen molar-refractivity contribution in [2.45, 2.75) is 5.16 Å². The van der Waals surface area contributed by atoms with Crippen molar-refractivity contribution < 1.29 is 9.63 Å². The Bertz CT molecular complexity index is 717. The molecule has 0 aliphatic carbocycles. The van der Waals surface area contributed by atoms with E-state index in [1.807, 2.05) is 0 Å². The molecule has 0 saturated carbocycles. The number of oxime groups is 1. The largest absolute Gasteiger partial charge is 0.437 e. The second kappa shape index (κ2) is 8.35. The number of halogens is 3. The second-order valence-corrected chi connectivity index (χ2v) is 5.88. The number of hydrogen-bond donors (Lipinski definition) is 1. The third kappa shape index (κ3) is 5.24. The Hall–Kier alpha value is -1.54. The SMILES string of the molecule is CSc1nc(Cl)c(C=NOC(=O)Nc2ccc(Cl)cc2)c(Cl)n1. The highest BCUT2D eigenvalue weighted by Gasteiger charge is 2.10. The van der Waals surface area contributed by atoms with Crippen molar-refractivity contribution in [3.05, 3.63) is 45.2 Å². The number of hydrogen-bond acceptors (Lipinski definition) is 6. The van der Waals surface area contributed by atoms with Gasteiger partial charge in [0.25, 0.3) is 0 Å². The monoisotopic (exact) mass is 390 g/mol. The summed E-state index contributed by atoms with van der Waals surface area (Å²) in [5, 5.41) is 7.19. The van der Waals surface area contributed by atoms with Gasteiger partial charge in [-0.1, -0.05) is 51.7 Å². The van der Waals surface area contributed by atoms with Crippen molar-refractivity contribution >= 4 is 64.6 Å². The zero-order valence-electron chi connectivity index (χ0n) is 11.6. The molecular weight excluding hydrogens is 383 g/mol. The summed E-state index contributed by atoms with van der Waals surface area (Å²) in [5.74, 6) is 0. The van der Waals surface area contributed by atoms with Crippen molar-refractivity contribution in [3.63, 3.8) is 0 Å². The van der Waals surface area contributed by atoms with Crippen LogP contribution in [0.1, 0.15) is 5.56 Å². The van der Waals surface area contributed by atoms with Crippen LogP contribution in [0.25, 0.3) is 0 Å². The van der Waals surface area contributed by atoms with Gasteiger partial charge in [0.05, 0.1) is 11.8 Å². The quantitative estimate of drug-likeness (QED) is 0.203. The van der Waals surface area contributed by atoms with Crippen molar-refractivity contribution in [1.82, 2.24) is 9.97 Å². The lowest BCUT2D eigenvalue weighted by molar-refractivity contribution is 0.167. The summed E-state index contributed by atoms with van der Waals surface area (Å²) in [6, 6.07) is 6.50. The number of carbonyl (C=O) groups is 1. The molecule has 0 fully saturated rings. The van der Waals surface area contributed by atoms with Gasteiger partial charge in [0, 0.05) is 10.7 Å². The first-order chi connectivity index (χ1) is 11.0.